The Balaban J connectivity index is 1.33. The fraction of sp³-hybridized carbons (Fsp3) is 0.645. The van der Waals surface area contributed by atoms with E-state index in [1.54, 1.807) is 0 Å². The van der Waals surface area contributed by atoms with Crippen LogP contribution in [0.3, 0.4) is 0 Å². The number of carbonyl (C=O) groups excluding carboxylic acids is 1. The number of alkyl halides is 1. The average molecular weight is 617 g/mol. The van der Waals surface area contributed by atoms with Crippen molar-refractivity contribution in [2.24, 2.45) is 4.99 Å². The standard InChI is InChI=1S/C31H46BrN5O3/c1-3-31(21-28(35-26-14-19-40-20-15-26)27-22-34-37(4-2)29(27)36-31)23-33-30(38)25-12-10-24(11-13-25)9-5-7-17-39-18-8-6-16-32/h10-13,22,26,36H,3-9,14-21,23H2,1-2H3,(H,33,38). The second-order valence-electron chi connectivity index (χ2n) is 10.9. The second kappa shape index (κ2) is 15.7. The number of anilines is 1. The molecule has 1 aromatic carbocycles. The summed E-state index contributed by atoms with van der Waals surface area (Å²) < 4.78 is 13.2. The van der Waals surface area contributed by atoms with E-state index < -0.39 is 0 Å². The van der Waals surface area contributed by atoms with Crippen molar-refractivity contribution in [2.75, 3.05) is 43.6 Å². The number of benzene rings is 1. The molecule has 0 saturated carbocycles. The van der Waals surface area contributed by atoms with Crippen molar-refractivity contribution in [3.05, 3.63) is 47.2 Å². The van der Waals surface area contributed by atoms with Crippen LogP contribution in [0.2, 0.25) is 0 Å². The van der Waals surface area contributed by atoms with Gasteiger partial charge in [-0.25, -0.2) is 4.68 Å². The molecular formula is C31H46BrN5O3. The Morgan fingerprint density at radius 3 is 2.62 bits per heavy atom. The molecule has 8 nitrogen and oxygen atoms in total. The van der Waals surface area contributed by atoms with Crippen LogP contribution in [0.15, 0.2) is 35.5 Å². The van der Waals surface area contributed by atoms with Gasteiger partial charge in [0.2, 0.25) is 0 Å². The molecule has 2 aliphatic heterocycles. The summed E-state index contributed by atoms with van der Waals surface area (Å²) in [5.74, 6) is 0.958. The Labute approximate surface area is 247 Å². The van der Waals surface area contributed by atoms with Crippen LogP contribution >= 0.6 is 15.9 Å². The molecule has 1 atom stereocenters. The summed E-state index contributed by atoms with van der Waals surface area (Å²) >= 11 is 3.45. The monoisotopic (exact) mass is 615 g/mol. The van der Waals surface area contributed by atoms with Gasteiger partial charge in [-0.2, -0.15) is 5.10 Å². The zero-order chi connectivity index (χ0) is 28.2. The molecule has 1 aromatic heterocycles. The topological polar surface area (TPSA) is 89.8 Å². The van der Waals surface area contributed by atoms with E-state index in [-0.39, 0.29) is 17.5 Å². The first-order valence-electron chi connectivity index (χ1n) is 15.1. The Hall–Kier alpha value is -2.23. The summed E-state index contributed by atoms with van der Waals surface area (Å²) in [6, 6.07) is 8.31. The lowest BCUT2D eigenvalue weighted by atomic mass is 9.84. The summed E-state index contributed by atoms with van der Waals surface area (Å²) in [4.78, 5) is 18.4. The van der Waals surface area contributed by atoms with Crippen molar-refractivity contribution in [3.63, 3.8) is 0 Å². The molecule has 0 aliphatic carbocycles. The van der Waals surface area contributed by atoms with Crippen LogP contribution in [0.1, 0.15) is 86.7 Å². The van der Waals surface area contributed by atoms with Crippen LogP contribution in [0.5, 0.6) is 0 Å². The number of fused-ring (bicyclic) bond motifs is 1. The van der Waals surface area contributed by atoms with E-state index >= 15 is 0 Å². The molecule has 1 unspecified atom stereocenters. The quantitative estimate of drug-likeness (QED) is 0.196. The number of hydrogen-bond acceptors (Lipinski definition) is 6. The van der Waals surface area contributed by atoms with Crippen molar-refractivity contribution in [3.8, 4) is 0 Å². The maximum Gasteiger partial charge on any atom is 0.251 e. The maximum atomic E-state index is 13.2. The number of aryl methyl sites for hydroxylation is 2. The van der Waals surface area contributed by atoms with Crippen molar-refractivity contribution in [1.29, 1.82) is 0 Å². The molecule has 3 heterocycles. The van der Waals surface area contributed by atoms with Crippen LogP contribution in [-0.2, 0) is 22.4 Å². The molecule has 2 aromatic rings. The van der Waals surface area contributed by atoms with E-state index in [4.69, 9.17) is 14.5 Å². The fourth-order valence-corrected chi connectivity index (χ4v) is 5.78. The predicted octanol–water partition coefficient (Wildman–Crippen LogP) is 5.78. The number of ether oxygens (including phenoxy) is 2. The van der Waals surface area contributed by atoms with Crippen LogP contribution in [-0.4, -0.2) is 71.3 Å². The smallest absolute Gasteiger partial charge is 0.251 e. The summed E-state index contributed by atoms with van der Waals surface area (Å²) in [6.07, 6.45) is 10.9. The van der Waals surface area contributed by atoms with E-state index in [0.717, 1.165) is 113 Å². The largest absolute Gasteiger partial charge is 0.381 e. The summed E-state index contributed by atoms with van der Waals surface area (Å²) in [5.41, 5.74) is 3.79. The van der Waals surface area contributed by atoms with Gasteiger partial charge in [0.25, 0.3) is 5.91 Å². The molecule has 1 fully saturated rings. The van der Waals surface area contributed by atoms with E-state index in [1.807, 2.05) is 23.0 Å². The van der Waals surface area contributed by atoms with E-state index in [9.17, 15) is 4.79 Å². The van der Waals surface area contributed by atoms with Gasteiger partial charge in [0.15, 0.2) is 0 Å². The van der Waals surface area contributed by atoms with Gasteiger partial charge in [0.1, 0.15) is 5.82 Å². The van der Waals surface area contributed by atoms with Gasteiger partial charge in [0, 0.05) is 56.8 Å². The minimum atomic E-state index is -0.324. The molecule has 2 aliphatic rings. The lowest BCUT2D eigenvalue weighted by Gasteiger charge is -2.39. The number of hydrogen-bond donors (Lipinski definition) is 2. The van der Waals surface area contributed by atoms with Crippen molar-refractivity contribution in [2.45, 2.75) is 89.8 Å². The summed E-state index contributed by atoms with van der Waals surface area (Å²) in [5, 5.41) is 12.6. The first-order valence-corrected chi connectivity index (χ1v) is 16.2. The van der Waals surface area contributed by atoms with Crippen molar-refractivity contribution >= 4 is 33.4 Å². The number of aromatic nitrogens is 2. The zero-order valence-electron chi connectivity index (χ0n) is 24.2. The summed E-state index contributed by atoms with van der Waals surface area (Å²) in [7, 11) is 0. The molecule has 4 rings (SSSR count). The number of unbranched alkanes of at least 4 members (excludes halogenated alkanes) is 2. The number of rotatable bonds is 15. The number of aliphatic imine (C=N–C) groups is 1. The number of nitrogens with zero attached hydrogens (tertiary/aromatic N) is 3. The van der Waals surface area contributed by atoms with Gasteiger partial charge in [-0.1, -0.05) is 35.0 Å². The first-order chi connectivity index (χ1) is 19.6. The lowest BCUT2D eigenvalue weighted by molar-refractivity contribution is 0.0870. The van der Waals surface area contributed by atoms with Gasteiger partial charge < -0.3 is 20.1 Å². The lowest BCUT2D eigenvalue weighted by Crippen LogP contribution is -2.52. The van der Waals surface area contributed by atoms with E-state index in [0.29, 0.717) is 12.1 Å². The molecule has 40 heavy (non-hydrogen) atoms. The van der Waals surface area contributed by atoms with Crippen LogP contribution in [0.4, 0.5) is 5.82 Å². The van der Waals surface area contributed by atoms with Gasteiger partial charge in [-0.05, 0) is 76.0 Å². The summed E-state index contributed by atoms with van der Waals surface area (Å²) in [6.45, 7) is 8.75. The van der Waals surface area contributed by atoms with Gasteiger partial charge >= 0.3 is 0 Å². The zero-order valence-corrected chi connectivity index (χ0v) is 25.8. The Morgan fingerprint density at radius 1 is 1.18 bits per heavy atom. The third-order valence-corrected chi connectivity index (χ3v) is 8.59. The number of carbonyl (C=O) groups is 1. The van der Waals surface area contributed by atoms with Gasteiger partial charge in [-0.15, -0.1) is 0 Å². The number of halogens is 1. The molecule has 2 N–H and O–H groups in total. The molecular weight excluding hydrogens is 570 g/mol. The average Bonchev–Trinajstić information content (AvgIpc) is 3.41. The molecule has 0 radical (unpaired) electrons. The van der Waals surface area contributed by atoms with E-state index in [1.165, 1.54) is 5.56 Å². The normalized spacial score (nSPS) is 20.3. The molecule has 220 valence electrons. The van der Waals surface area contributed by atoms with Gasteiger partial charge in [0.05, 0.1) is 29.1 Å². The predicted molar refractivity (Wildman–Crippen MR) is 165 cm³/mol. The van der Waals surface area contributed by atoms with E-state index in [2.05, 4.69) is 57.6 Å². The first kappa shape index (κ1) is 30.7. The highest BCUT2D eigenvalue weighted by Crippen LogP contribution is 2.34. The third-order valence-electron chi connectivity index (χ3n) is 8.03. The molecule has 0 spiro atoms. The highest BCUT2D eigenvalue weighted by Gasteiger charge is 2.38. The van der Waals surface area contributed by atoms with Crippen LogP contribution in [0, 0.1) is 0 Å². The highest BCUT2D eigenvalue weighted by molar-refractivity contribution is 9.09. The fourth-order valence-electron chi connectivity index (χ4n) is 5.38. The molecule has 1 amide bonds. The van der Waals surface area contributed by atoms with Crippen molar-refractivity contribution in [1.82, 2.24) is 15.1 Å². The Kier molecular flexibility index (Phi) is 12.0. The van der Waals surface area contributed by atoms with Crippen LogP contribution < -0.4 is 10.6 Å². The SMILES string of the molecule is CCn1ncc2c1NC(CC)(CNC(=O)c1ccc(CCCCOCCCCBr)cc1)CC2=NC1CCOCC1. The Morgan fingerprint density at radius 2 is 1.93 bits per heavy atom. The minimum absolute atomic E-state index is 0.0456. The Bertz CT molecular complexity index is 1100. The molecule has 9 heteroatoms. The second-order valence-corrected chi connectivity index (χ2v) is 11.7. The maximum absolute atomic E-state index is 13.2. The minimum Gasteiger partial charge on any atom is -0.381 e. The number of nitrogens with one attached hydrogen (secondary N) is 2. The highest BCUT2D eigenvalue weighted by atomic mass is 79.9. The van der Waals surface area contributed by atoms with Crippen molar-refractivity contribution < 1.29 is 14.3 Å². The molecule has 1 saturated heterocycles. The molecule has 0 bridgehead atoms. The van der Waals surface area contributed by atoms with Crippen LogP contribution in [0.25, 0.3) is 0 Å². The van der Waals surface area contributed by atoms with Gasteiger partial charge in [-0.3, -0.25) is 9.79 Å². The third kappa shape index (κ3) is 8.40. The number of amides is 1.